The van der Waals surface area contributed by atoms with E-state index >= 15 is 0 Å². The number of carbonyl (C=O) groups excluding carboxylic acids is 1. The maximum atomic E-state index is 13.2. The van der Waals surface area contributed by atoms with Gasteiger partial charge in [0.15, 0.2) is 0 Å². The summed E-state index contributed by atoms with van der Waals surface area (Å²) in [7, 11) is 0. The molecule has 0 saturated carbocycles. The van der Waals surface area contributed by atoms with Gasteiger partial charge in [0.25, 0.3) is 5.91 Å². The molecule has 26 heavy (non-hydrogen) atoms. The molecule has 2 fully saturated rings. The van der Waals surface area contributed by atoms with Crippen molar-refractivity contribution in [2.45, 2.75) is 25.3 Å². The van der Waals surface area contributed by atoms with Crippen molar-refractivity contribution in [3.63, 3.8) is 0 Å². The molecular weight excluding hydrogens is 328 g/mol. The van der Waals surface area contributed by atoms with E-state index < -0.39 is 0 Å². The molecule has 0 aliphatic carbocycles. The average Bonchev–Trinajstić information content (AvgIpc) is 2.74. The lowest BCUT2D eigenvalue weighted by atomic mass is 10.0. The Bertz CT molecular complexity index is 747. The Hall–Kier alpha value is -2.54. The van der Waals surface area contributed by atoms with Gasteiger partial charge in [-0.1, -0.05) is 6.07 Å². The maximum Gasteiger partial charge on any atom is 0.273 e. The Morgan fingerprint density at radius 3 is 2.81 bits per heavy atom. The van der Waals surface area contributed by atoms with Crippen LogP contribution in [0, 0.1) is 0 Å². The Labute approximate surface area is 153 Å². The minimum atomic E-state index is -0.0407. The van der Waals surface area contributed by atoms with Gasteiger partial charge in [0.05, 0.1) is 6.04 Å². The van der Waals surface area contributed by atoms with E-state index in [1.54, 1.807) is 18.5 Å². The lowest BCUT2D eigenvalue weighted by Gasteiger charge is -2.36. The number of piperazine rings is 1. The van der Waals surface area contributed by atoms with E-state index in [4.69, 9.17) is 0 Å². The highest BCUT2D eigenvalue weighted by Crippen LogP contribution is 2.24. The van der Waals surface area contributed by atoms with Crippen LogP contribution in [0.4, 0.5) is 5.95 Å². The van der Waals surface area contributed by atoms with Crippen molar-refractivity contribution in [1.29, 1.82) is 0 Å². The van der Waals surface area contributed by atoms with Crippen LogP contribution in [0.1, 0.15) is 41.4 Å². The van der Waals surface area contributed by atoms with Crippen LogP contribution in [0.2, 0.25) is 0 Å². The van der Waals surface area contributed by atoms with E-state index in [2.05, 4.69) is 25.2 Å². The molecule has 0 radical (unpaired) electrons. The Kier molecular flexibility index (Phi) is 5.06. The standard InChI is InChI=1S/C19H24N6O/c26-18(16-6-8-22-19(23-16)24-10-2-1-3-11-24)25-12-9-21-14-17(25)15-5-4-7-20-13-15/h4-8,13,17,21H,1-3,9-12,14H2. The normalized spacial score (nSPS) is 20.8. The first-order chi connectivity index (χ1) is 12.8. The first-order valence-corrected chi connectivity index (χ1v) is 9.32. The number of hydrogen-bond acceptors (Lipinski definition) is 6. The molecule has 7 nitrogen and oxygen atoms in total. The SMILES string of the molecule is O=C(c1ccnc(N2CCCCC2)n1)N1CCNCC1c1cccnc1. The number of anilines is 1. The monoisotopic (exact) mass is 352 g/mol. The third-order valence-corrected chi connectivity index (χ3v) is 5.07. The van der Waals surface area contributed by atoms with E-state index in [0.717, 1.165) is 44.6 Å². The molecule has 2 aromatic rings. The number of piperidine rings is 1. The van der Waals surface area contributed by atoms with Crippen LogP contribution in [0.25, 0.3) is 0 Å². The number of nitrogens with one attached hydrogen (secondary N) is 1. The zero-order valence-electron chi connectivity index (χ0n) is 14.8. The molecule has 4 rings (SSSR count). The summed E-state index contributed by atoms with van der Waals surface area (Å²) >= 11 is 0. The van der Waals surface area contributed by atoms with Crippen molar-refractivity contribution >= 4 is 11.9 Å². The average molecular weight is 352 g/mol. The van der Waals surface area contributed by atoms with Crippen LogP contribution in [-0.4, -0.2) is 58.5 Å². The highest BCUT2D eigenvalue weighted by Gasteiger charge is 2.30. The van der Waals surface area contributed by atoms with Gasteiger partial charge in [-0.25, -0.2) is 9.97 Å². The molecule has 1 atom stereocenters. The summed E-state index contributed by atoms with van der Waals surface area (Å²) in [4.78, 5) is 30.4. The Morgan fingerprint density at radius 2 is 2.00 bits per heavy atom. The zero-order valence-corrected chi connectivity index (χ0v) is 14.8. The van der Waals surface area contributed by atoms with Crippen molar-refractivity contribution in [2.24, 2.45) is 0 Å². The molecule has 2 aliphatic heterocycles. The molecule has 2 aliphatic rings. The fourth-order valence-corrected chi connectivity index (χ4v) is 3.68. The highest BCUT2D eigenvalue weighted by molar-refractivity contribution is 5.93. The van der Waals surface area contributed by atoms with Gasteiger partial charge in [-0.15, -0.1) is 0 Å². The van der Waals surface area contributed by atoms with Crippen molar-refractivity contribution in [1.82, 2.24) is 25.2 Å². The van der Waals surface area contributed by atoms with Crippen molar-refractivity contribution in [3.05, 3.63) is 48.0 Å². The zero-order chi connectivity index (χ0) is 17.8. The van der Waals surface area contributed by atoms with Crippen molar-refractivity contribution in [3.8, 4) is 0 Å². The van der Waals surface area contributed by atoms with E-state index in [1.165, 1.54) is 6.42 Å². The second-order valence-electron chi connectivity index (χ2n) is 6.79. The Balaban J connectivity index is 1.57. The third-order valence-electron chi connectivity index (χ3n) is 5.07. The summed E-state index contributed by atoms with van der Waals surface area (Å²) in [5.74, 6) is 0.629. The predicted molar refractivity (Wildman–Crippen MR) is 99.0 cm³/mol. The molecule has 1 amide bonds. The molecular formula is C19H24N6O. The summed E-state index contributed by atoms with van der Waals surface area (Å²) in [6, 6.07) is 5.62. The predicted octanol–water partition coefficient (Wildman–Crippen LogP) is 1.65. The lowest BCUT2D eigenvalue weighted by molar-refractivity contribution is 0.0627. The van der Waals surface area contributed by atoms with Crippen molar-refractivity contribution in [2.75, 3.05) is 37.6 Å². The Morgan fingerprint density at radius 1 is 1.12 bits per heavy atom. The molecule has 2 aromatic heterocycles. The van der Waals surface area contributed by atoms with Crippen LogP contribution in [0.3, 0.4) is 0 Å². The van der Waals surface area contributed by atoms with Gasteiger partial charge in [0, 0.05) is 51.3 Å². The number of amides is 1. The summed E-state index contributed by atoms with van der Waals surface area (Å²) in [6.45, 7) is 4.09. The highest BCUT2D eigenvalue weighted by atomic mass is 16.2. The van der Waals surface area contributed by atoms with Crippen LogP contribution in [0.5, 0.6) is 0 Å². The third kappa shape index (κ3) is 3.53. The number of nitrogens with zero attached hydrogens (tertiary/aromatic N) is 5. The van der Waals surface area contributed by atoms with E-state index in [9.17, 15) is 4.79 Å². The minimum absolute atomic E-state index is 0.0293. The molecule has 7 heteroatoms. The van der Waals surface area contributed by atoms with Crippen LogP contribution < -0.4 is 10.2 Å². The summed E-state index contributed by atoms with van der Waals surface area (Å²) in [6.07, 6.45) is 8.84. The summed E-state index contributed by atoms with van der Waals surface area (Å²) < 4.78 is 0. The minimum Gasteiger partial charge on any atom is -0.341 e. The summed E-state index contributed by atoms with van der Waals surface area (Å²) in [5.41, 5.74) is 1.51. The van der Waals surface area contributed by atoms with Crippen molar-refractivity contribution < 1.29 is 4.79 Å². The lowest BCUT2D eigenvalue weighted by Crippen LogP contribution is -2.49. The van der Waals surface area contributed by atoms with Gasteiger partial charge in [0.2, 0.25) is 5.95 Å². The number of rotatable bonds is 3. The molecule has 0 spiro atoms. The molecule has 0 bridgehead atoms. The van der Waals surface area contributed by atoms with Gasteiger partial charge in [-0.05, 0) is 37.0 Å². The van der Waals surface area contributed by atoms with E-state index in [0.29, 0.717) is 18.2 Å². The fourth-order valence-electron chi connectivity index (χ4n) is 3.68. The first kappa shape index (κ1) is 16.9. The topological polar surface area (TPSA) is 74.2 Å². The molecule has 136 valence electrons. The molecule has 1 unspecified atom stereocenters. The van der Waals surface area contributed by atoms with E-state index in [-0.39, 0.29) is 11.9 Å². The first-order valence-electron chi connectivity index (χ1n) is 9.32. The maximum absolute atomic E-state index is 13.2. The fraction of sp³-hybridized carbons (Fsp3) is 0.474. The number of aromatic nitrogens is 3. The van der Waals surface area contributed by atoms with Gasteiger partial charge in [-0.3, -0.25) is 9.78 Å². The van der Waals surface area contributed by atoms with Gasteiger partial charge < -0.3 is 15.1 Å². The van der Waals surface area contributed by atoms with Crippen LogP contribution >= 0.6 is 0 Å². The van der Waals surface area contributed by atoms with E-state index in [1.807, 2.05) is 23.2 Å². The van der Waals surface area contributed by atoms with Gasteiger partial charge >= 0.3 is 0 Å². The number of carbonyl (C=O) groups is 1. The second kappa shape index (κ2) is 7.78. The second-order valence-corrected chi connectivity index (χ2v) is 6.79. The number of pyridine rings is 1. The quantitative estimate of drug-likeness (QED) is 0.905. The largest absolute Gasteiger partial charge is 0.341 e. The molecule has 4 heterocycles. The van der Waals surface area contributed by atoms with Crippen LogP contribution in [0.15, 0.2) is 36.8 Å². The van der Waals surface area contributed by atoms with Gasteiger partial charge in [-0.2, -0.15) is 0 Å². The smallest absolute Gasteiger partial charge is 0.273 e. The molecule has 1 N–H and O–H groups in total. The summed E-state index contributed by atoms with van der Waals surface area (Å²) in [5, 5.41) is 3.37. The number of hydrogen-bond donors (Lipinski definition) is 1. The molecule has 0 aromatic carbocycles. The van der Waals surface area contributed by atoms with Gasteiger partial charge in [0.1, 0.15) is 5.69 Å². The van der Waals surface area contributed by atoms with Crippen LogP contribution in [-0.2, 0) is 0 Å². The molecule has 2 saturated heterocycles.